The van der Waals surface area contributed by atoms with Crippen molar-refractivity contribution in [3.05, 3.63) is 218 Å². The molecule has 0 bridgehead atoms. The van der Waals surface area contributed by atoms with Crippen LogP contribution in [0.2, 0.25) is 0 Å². The van der Waals surface area contributed by atoms with Crippen molar-refractivity contribution in [2.75, 3.05) is 0 Å². The zero-order chi connectivity index (χ0) is 42.8. The van der Waals surface area contributed by atoms with Gasteiger partial charge in [-0.1, -0.05) is 158 Å². The van der Waals surface area contributed by atoms with Crippen molar-refractivity contribution in [1.29, 1.82) is 0 Å². The van der Waals surface area contributed by atoms with E-state index in [0.717, 1.165) is 99.3 Å². The molecule has 0 radical (unpaired) electrons. The number of nitrogens with zero attached hydrogens (tertiary/aromatic N) is 6. The highest BCUT2D eigenvalue weighted by atomic mass is 16.3. The molecule has 0 saturated carbocycles. The first-order valence-electron chi connectivity index (χ1n) is 21.7. The number of hydrogen-bond acceptors (Lipinski definition) is 5. The van der Waals surface area contributed by atoms with Crippen molar-refractivity contribution in [2.24, 2.45) is 0 Å². The van der Waals surface area contributed by atoms with Crippen LogP contribution in [0.1, 0.15) is 0 Å². The van der Waals surface area contributed by atoms with E-state index in [9.17, 15) is 0 Å². The minimum atomic E-state index is 0.529. The van der Waals surface area contributed by atoms with Gasteiger partial charge in [0.15, 0.2) is 17.2 Å². The van der Waals surface area contributed by atoms with E-state index in [1.807, 2.05) is 54.6 Å². The van der Waals surface area contributed by atoms with Crippen LogP contribution in [-0.4, -0.2) is 29.1 Å². The summed E-state index contributed by atoms with van der Waals surface area (Å²) in [6.45, 7) is 0. The predicted octanol–water partition coefficient (Wildman–Crippen LogP) is 14.5. The molecule has 7 nitrogen and oxygen atoms in total. The average molecular weight is 833 g/mol. The molecule has 13 rings (SSSR count). The topological polar surface area (TPSA) is 74.6 Å². The van der Waals surface area contributed by atoms with Crippen molar-refractivity contribution in [2.45, 2.75) is 0 Å². The van der Waals surface area contributed by atoms with Crippen molar-refractivity contribution in [3.63, 3.8) is 0 Å². The standard InChI is InChI=1S/C58H36N6O/c1-4-16-37(17-5-1)41-30-33-47(48(36-41)38-18-6-2-7-19-38)56-60-55(39-20-8-3-9-21-39)61-58(62-56)64-51-26-14-11-23-44(51)46-35-34-45-43-22-10-13-25-50(43)63(53(45)54(46)64)42-31-28-40(29-32-42)57-59-49-24-12-15-27-52(49)65-57/h1-36H. The number of fused-ring (bicyclic) bond motifs is 8. The number of rotatable bonds is 7. The molecule has 0 N–H and O–H groups in total. The van der Waals surface area contributed by atoms with Gasteiger partial charge < -0.3 is 8.98 Å². The lowest BCUT2D eigenvalue weighted by Gasteiger charge is -2.15. The summed E-state index contributed by atoms with van der Waals surface area (Å²) in [5, 5.41) is 4.48. The van der Waals surface area contributed by atoms with E-state index in [-0.39, 0.29) is 0 Å². The van der Waals surface area contributed by atoms with Crippen LogP contribution in [-0.2, 0) is 0 Å². The second-order valence-corrected chi connectivity index (χ2v) is 16.2. The Morgan fingerprint density at radius 2 is 0.892 bits per heavy atom. The smallest absolute Gasteiger partial charge is 0.238 e. The Morgan fingerprint density at radius 3 is 1.58 bits per heavy atom. The maximum Gasteiger partial charge on any atom is 0.238 e. The molecule has 0 atom stereocenters. The minimum Gasteiger partial charge on any atom is -0.436 e. The molecule has 4 heterocycles. The zero-order valence-corrected chi connectivity index (χ0v) is 34.9. The molecule has 0 spiro atoms. The van der Waals surface area contributed by atoms with E-state index in [2.05, 4.69) is 173 Å². The lowest BCUT2D eigenvalue weighted by atomic mass is 9.94. The lowest BCUT2D eigenvalue weighted by Crippen LogP contribution is -2.07. The summed E-state index contributed by atoms with van der Waals surface area (Å²) in [7, 11) is 0. The van der Waals surface area contributed by atoms with Crippen LogP contribution in [0.3, 0.4) is 0 Å². The molecular formula is C58H36N6O. The van der Waals surface area contributed by atoms with Gasteiger partial charge in [-0.15, -0.1) is 0 Å². The van der Waals surface area contributed by atoms with Gasteiger partial charge in [-0.05, 0) is 82.9 Å². The van der Waals surface area contributed by atoms with Gasteiger partial charge in [0, 0.05) is 43.9 Å². The van der Waals surface area contributed by atoms with Crippen LogP contribution >= 0.6 is 0 Å². The van der Waals surface area contributed by atoms with E-state index in [4.69, 9.17) is 24.4 Å². The molecule has 0 aliphatic rings. The summed E-state index contributed by atoms with van der Waals surface area (Å²) in [4.78, 5) is 21.0. The Hall–Kier alpha value is -8.94. The molecule has 13 aromatic rings. The van der Waals surface area contributed by atoms with Gasteiger partial charge in [-0.25, -0.2) is 9.97 Å². The van der Waals surface area contributed by atoms with Crippen LogP contribution in [0, 0.1) is 0 Å². The van der Waals surface area contributed by atoms with Gasteiger partial charge in [0.2, 0.25) is 11.8 Å². The van der Waals surface area contributed by atoms with Crippen molar-refractivity contribution in [1.82, 2.24) is 29.1 Å². The summed E-state index contributed by atoms with van der Waals surface area (Å²) in [5.41, 5.74) is 13.8. The predicted molar refractivity (Wildman–Crippen MR) is 263 cm³/mol. The second kappa shape index (κ2) is 14.9. The molecule has 0 unspecified atom stereocenters. The largest absolute Gasteiger partial charge is 0.436 e. The van der Waals surface area contributed by atoms with Gasteiger partial charge in [-0.2, -0.15) is 9.97 Å². The van der Waals surface area contributed by atoms with Gasteiger partial charge in [0.1, 0.15) is 5.52 Å². The monoisotopic (exact) mass is 832 g/mol. The molecule has 4 aromatic heterocycles. The van der Waals surface area contributed by atoms with Crippen LogP contribution in [0.25, 0.3) is 123 Å². The van der Waals surface area contributed by atoms with Crippen molar-refractivity contribution >= 4 is 54.7 Å². The molecule has 0 amide bonds. The fourth-order valence-corrected chi connectivity index (χ4v) is 9.43. The Labute approximate surface area is 373 Å². The first kappa shape index (κ1) is 36.7. The van der Waals surface area contributed by atoms with Crippen LogP contribution in [0.5, 0.6) is 0 Å². The van der Waals surface area contributed by atoms with Gasteiger partial charge in [0.05, 0.1) is 22.1 Å². The van der Waals surface area contributed by atoms with E-state index in [1.165, 1.54) is 0 Å². The first-order chi connectivity index (χ1) is 32.2. The molecule has 304 valence electrons. The molecule has 0 saturated heterocycles. The highest BCUT2D eigenvalue weighted by Crippen LogP contribution is 2.42. The SMILES string of the molecule is c1ccc(-c2ccc(-c3nc(-c4ccccc4)nc(-n4c5ccccc5c5ccc6c7ccccc7n(-c7ccc(-c8nc9ccccc9o8)cc7)c6c54)n3)c(-c3ccccc3)c2)cc1. The molecule has 65 heavy (non-hydrogen) atoms. The number of para-hydroxylation sites is 4. The summed E-state index contributed by atoms with van der Waals surface area (Å²) in [6, 6.07) is 75.8. The molecule has 0 fully saturated rings. The number of benzene rings is 9. The maximum atomic E-state index is 6.18. The summed E-state index contributed by atoms with van der Waals surface area (Å²) < 4.78 is 10.8. The Balaban J connectivity index is 1.09. The van der Waals surface area contributed by atoms with E-state index < -0.39 is 0 Å². The molecule has 0 aliphatic carbocycles. The third-order valence-corrected chi connectivity index (χ3v) is 12.4. The average Bonchev–Trinajstić information content (AvgIpc) is 4.08. The van der Waals surface area contributed by atoms with E-state index >= 15 is 0 Å². The summed E-state index contributed by atoms with van der Waals surface area (Å²) in [5.74, 6) is 2.29. The number of hydrogen-bond donors (Lipinski definition) is 0. The summed E-state index contributed by atoms with van der Waals surface area (Å²) >= 11 is 0. The third-order valence-electron chi connectivity index (χ3n) is 12.4. The highest BCUT2D eigenvalue weighted by molar-refractivity contribution is 6.23. The first-order valence-corrected chi connectivity index (χ1v) is 21.7. The van der Waals surface area contributed by atoms with Gasteiger partial charge in [0.25, 0.3) is 0 Å². The normalized spacial score (nSPS) is 11.7. The van der Waals surface area contributed by atoms with Gasteiger partial charge in [-0.3, -0.25) is 4.57 Å². The second-order valence-electron chi connectivity index (χ2n) is 16.2. The minimum absolute atomic E-state index is 0.529. The van der Waals surface area contributed by atoms with Crippen LogP contribution in [0.4, 0.5) is 0 Å². The number of aromatic nitrogens is 6. The Bertz CT molecular complexity index is 3890. The van der Waals surface area contributed by atoms with Gasteiger partial charge >= 0.3 is 0 Å². The van der Waals surface area contributed by atoms with E-state index in [1.54, 1.807) is 0 Å². The van der Waals surface area contributed by atoms with Crippen molar-refractivity contribution in [3.8, 4) is 68.1 Å². The highest BCUT2D eigenvalue weighted by Gasteiger charge is 2.24. The quantitative estimate of drug-likeness (QED) is 0.160. The van der Waals surface area contributed by atoms with E-state index in [0.29, 0.717) is 23.5 Å². The van der Waals surface area contributed by atoms with Crippen LogP contribution in [0.15, 0.2) is 223 Å². The van der Waals surface area contributed by atoms with Crippen molar-refractivity contribution < 1.29 is 4.42 Å². The fraction of sp³-hybridized carbons (Fsp3) is 0. The zero-order valence-electron chi connectivity index (χ0n) is 34.9. The molecule has 9 aromatic carbocycles. The van der Waals surface area contributed by atoms with Crippen LogP contribution < -0.4 is 0 Å². The summed E-state index contributed by atoms with van der Waals surface area (Å²) in [6.07, 6.45) is 0. The molecule has 7 heteroatoms. The maximum absolute atomic E-state index is 6.18. The molecular weight excluding hydrogens is 797 g/mol. The molecule has 0 aliphatic heterocycles. The Kier molecular flexibility index (Phi) is 8.39. The number of oxazole rings is 1. The Morgan fingerprint density at radius 1 is 0.338 bits per heavy atom. The fourth-order valence-electron chi connectivity index (χ4n) is 9.43. The lowest BCUT2D eigenvalue weighted by molar-refractivity contribution is 0.620. The third kappa shape index (κ3) is 6.05.